The molecule has 8 nitrogen and oxygen atoms in total. The minimum absolute atomic E-state index is 0.0690. The average Bonchev–Trinajstić information content (AvgIpc) is 3.28. The number of halogens is 3. The van der Waals surface area contributed by atoms with Crippen LogP contribution in [0.5, 0.6) is 0 Å². The fraction of sp³-hybridized carbons (Fsp3) is 0.200. The zero-order chi connectivity index (χ0) is 22.2. The van der Waals surface area contributed by atoms with Crippen molar-refractivity contribution < 1.29 is 22.8 Å². The zero-order valence-electron chi connectivity index (χ0n) is 16.2. The smallest absolute Gasteiger partial charge is 0.348 e. The number of nitrogens with one attached hydrogen (secondary N) is 3. The molecule has 0 saturated carbocycles. The van der Waals surface area contributed by atoms with Crippen LogP contribution in [0, 0.1) is 0 Å². The van der Waals surface area contributed by atoms with E-state index in [1.807, 2.05) is 11.4 Å². The molecule has 0 unspecified atom stereocenters. The molecule has 0 fully saturated rings. The fourth-order valence-corrected chi connectivity index (χ4v) is 3.14. The molecular weight excluding hydrogens is 413 g/mol. The molecule has 0 bridgehead atoms. The molecule has 4 rings (SSSR count). The third-order valence-corrected chi connectivity index (χ3v) is 4.64. The van der Waals surface area contributed by atoms with Crippen molar-refractivity contribution in [3.63, 3.8) is 0 Å². The topological polar surface area (TPSA) is 101 Å². The van der Waals surface area contributed by atoms with Crippen LogP contribution in [0.1, 0.15) is 26.3 Å². The molecule has 1 aliphatic rings. The van der Waals surface area contributed by atoms with E-state index >= 15 is 0 Å². The van der Waals surface area contributed by atoms with Crippen LogP contribution in [0.15, 0.2) is 42.5 Å². The van der Waals surface area contributed by atoms with Gasteiger partial charge in [-0.05, 0) is 35.9 Å². The first-order valence-corrected chi connectivity index (χ1v) is 9.24. The molecule has 2 amide bonds. The van der Waals surface area contributed by atoms with E-state index in [4.69, 9.17) is 0 Å². The second-order valence-electron chi connectivity index (χ2n) is 6.94. The van der Waals surface area contributed by atoms with Gasteiger partial charge in [-0.25, -0.2) is 4.68 Å². The SMILES string of the molecule is Cn1nc(-c2cccc(C(=O)NCC(F)(F)F)c2)nc1Nc1ccc2c(c1)CNC2=O. The first-order valence-electron chi connectivity index (χ1n) is 9.24. The molecule has 2 aromatic carbocycles. The number of carbonyl (C=O) groups excluding carboxylic acids is 2. The Kier molecular flexibility index (Phi) is 5.09. The Morgan fingerprint density at radius 1 is 1.23 bits per heavy atom. The summed E-state index contributed by atoms with van der Waals surface area (Å²) in [6.07, 6.45) is -4.49. The average molecular weight is 430 g/mol. The highest BCUT2D eigenvalue weighted by Gasteiger charge is 2.28. The van der Waals surface area contributed by atoms with Crippen molar-refractivity contribution in [1.29, 1.82) is 0 Å². The lowest BCUT2D eigenvalue weighted by Gasteiger charge is -2.08. The maximum Gasteiger partial charge on any atom is 0.405 e. The second-order valence-corrected chi connectivity index (χ2v) is 6.94. The standard InChI is InChI=1S/C20H17F3N6O2/c1-29-19(26-14-5-6-15-13(8-14)9-24-18(15)31)27-16(28-29)11-3-2-4-12(7-11)17(30)25-10-20(21,22)23/h2-8H,9-10H2,1H3,(H,24,31)(H,25,30)(H,26,27,28). The summed E-state index contributed by atoms with van der Waals surface area (Å²) in [6, 6.07) is 11.4. The summed E-state index contributed by atoms with van der Waals surface area (Å²) < 4.78 is 38.5. The summed E-state index contributed by atoms with van der Waals surface area (Å²) in [7, 11) is 1.68. The number of aromatic nitrogens is 3. The van der Waals surface area contributed by atoms with Crippen molar-refractivity contribution in [2.75, 3.05) is 11.9 Å². The number of amides is 2. The number of alkyl halides is 3. The Morgan fingerprint density at radius 2 is 2.03 bits per heavy atom. The molecule has 3 aromatic rings. The van der Waals surface area contributed by atoms with Crippen molar-refractivity contribution in [3.8, 4) is 11.4 Å². The number of hydrogen-bond acceptors (Lipinski definition) is 5. The third-order valence-electron chi connectivity index (χ3n) is 4.64. The Balaban J connectivity index is 1.53. The number of carbonyl (C=O) groups is 2. The number of benzene rings is 2. The lowest BCUT2D eigenvalue weighted by atomic mass is 10.1. The van der Waals surface area contributed by atoms with Crippen molar-refractivity contribution in [2.24, 2.45) is 7.05 Å². The van der Waals surface area contributed by atoms with Gasteiger partial charge < -0.3 is 16.0 Å². The van der Waals surface area contributed by atoms with Gasteiger partial charge >= 0.3 is 6.18 Å². The number of nitrogens with zero attached hydrogens (tertiary/aromatic N) is 3. The van der Waals surface area contributed by atoms with E-state index in [1.54, 1.807) is 31.3 Å². The molecule has 160 valence electrons. The Hall–Kier alpha value is -3.89. The minimum atomic E-state index is -4.49. The second kappa shape index (κ2) is 7.74. The van der Waals surface area contributed by atoms with Crippen LogP contribution in [0.2, 0.25) is 0 Å². The predicted molar refractivity (Wildman–Crippen MR) is 106 cm³/mol. The van der Waals surface area contributed by atoms with E-state index < -0.39 is 18.6 Å². The molecule has 0 aliphatic carbocycles. The predicted octanol–water partition coefficient (Wildman–Crippen LogP) is 2.76. The van der Waals surface area contributed by atoms with Crippen LogP contribution in [0.3, 0.4) is 0 Å². The molecule has 3 N–H and O–H groups in total. The fourth-order valence-electron chi connectivity index (χ4n) is 3.14. The number of anilines is 2. The van der Waals surface area contributed by atoms with Crippen LogP contribution < -0.4 is 16.0 Å². The summed E-state index contributed by atoms with van der Waals surface area (Å²) in [5.74, 6) is -0.232. The van der Waals surface area contributed by atoms with E-state index in [-0.39, 0.29) is 11.5 Å². The highest BCUT2D eigenvalue weighted by molar-refractivity contribution is 5.98. The molecule has 1 aliphatic heterocycles. The van der Waals surface area contributed by atoms with E-state index in [1.165, 1.54) is 16.8 Å². The van der Waals surface area contributed by atoms with Crippen molar-refractivity contribution in [3.05, 3.63) is 59.2 Å². The van der Waals surface area contributed by atoms with Crippen molar-refractivity contribution in [1.82, 2.24) is 25.4 Å². The first kappa shape index (κ1) is 20.4. The van der Waals surface area contributed by atoms with E-state index in [2.05, 4.69) is 20.7 Å². The molecule has 2 heterocycles. The van der Waals surface area contributed by atoms with Crippen LogP contribution >= 0.6 is 0 Å². The maximum absolute atomic E-state index is 12.3. The van der Waals surface area contributed by atoms with Crippen molar-refractivity contribution in [2.45, 2.75) is 12.7 Å². The first-order chi connectivity index (χ1) is 14.7. The van der Waals surface area contributed by atoms with Gasteiger partial charge in [-0.2, -0.15) is 18.2 Å². The summed E-state index contributed by atoms with van der Waals surface area (Å²) in [5.41, 5.74) is 2.77. The van der Waals surface area contributed by atoms with E-state index in [9.17, 15) is 22.8 Å². The van der Waals surface area contributed by atoms with Gasteiger partial charge in [-0.1, -0.05) is 12.1 Å². The van der Waals surface area contributed by atoms with Gasteiger partial charge in [0, 0.05) is 36.0 Å². The van der Waals surface area contributed by atoms with E-state index in [0.29, 0.717) is 29.4 Å². The highest BCUT2D eigenvalue weighted by Crippen LogP contribution is 2.24. The Morgan fingerprint density at radius 3 is 2.81 bits per heavy atom. The monoisotopic (exact) mass is 430 g/mol. The third kappa shape index (κ3) is 4.49. The van der Waals surface area contributed by atoms with Crippen molar-refractivity contribution >= 4 is 23.5 Å². The Bertz CT molecular complexity index is 1170. The molecular formula is C20H17F3N6O2. The van der Waals surface area contributed by atoms with Crippen LogP contribution in [0.25, 0.3) is 11.4 Å². The number of hydrogen-bond donors (Lipinski definition) is 3. The number of fused-ring (bicyclic) bond motifs is 1. The summed E-state index contributed by atoms with van der Waals surface area (Å²) >= 11 is 0. The highest BCUT2D eigenvalue weighted by atomic mass is 19.4. The summed E-state index contributed by atoms with van der Waals surface area (Å²) in [6.45, 7) is -0.954. The molecule has 0 saturated heterocycles. The molecule has 31 heavy (non-hydrogen) atoms. The minimum Gasteiger partial charge on any atom is -0.348 e. The van der Waals surface area contributed by atoms with Gasteiger partial charge in [0.15, 0.2) is 5.82 Å². The normalized spacial score (nSPS) is 13.0. The van der Waals surface area contributed by atoms with Crippen LogP contribution in [-0.2, 0) is 13.6 Å². The largest absolute Gasteiger partial charge is 0.405 e. The summed E-state index contributed by atoms with van der Waals surface area (Å²) in [5, 5.41) is 12.0. The number of aryl methyl sites for hydroxylation is 1. The van der Waals surface area contributed by atoms with Gasteiger partial charge in [0.05, 0.1) is 0 Å². The zero-order valence-corrected chi connectivity index (χ0v) is 16.2. The Labute approximate surface area is 174 Å². The van der Waals surface area contributed by atoms with Gasteiger partial charge in [0.1, 0.15) is 6.54 Å². The summed E-state index contributed by atoms with van der Waals surface area (Å²) in [4.78, 5) is 28.1. The van der Waals surface area contributed by atoms with Crippen LogP contribution in [-0.4, -0.2) is 39.3 Å². The van der Waals surface area contributed by atoms with Gasteiger partial charge in [-0.15, -0.1) is 5.10 Å². The molecule has 1 aromatic heterocycles. The molecule has 0 atom stereocenters. The molecule has 0 radical (unpaired) electrons. The maximum atomic E-state index is 12.3. The number of rotatable bonds is 5. The van der Waals surface area contributed by atoms with Gasteiger partial charge in [-0.3, -0.25) is 9.59 Å². The molecule has 11 heteroatoms. The quantitative estimate of drug-likeness (QED) is 0.578. The molecule has 0 spiro atoms. The van der Waals surface area contributed by atoms with Crippen LogP contribution in [0.4, 0.5) is 24.8 Å². The van der Waals surface area contributed by atoms with Gasteiger partial charge in [0.2, 0.25) is 5.95 Å². The van der Waals surface area contributed by atoms with Gasteiger partial charge in [0.25, 0.3) is 11.8 Å². The lowest BCUT2D eigenvalue weighted by Crippen LogP contribution is -2.33. The lowest BCUT2D eigenvalue weighted by molar-refractivity contribution is -0.123. The van der Waals surface area contributed by atoms with E-state index in [0.717, 1.165) is 11.3 Å².